The van der Waals surface area contributed by atoms with Crippen LogP contribution in [0.4, 0.5) is 0 Å². The van der Waals surface area contributed by atoms with Crippen LogP contribution in [0.2, 0.25) is 0 Å². The third kappa shape index (κ3) is 7.63. The number of methoxy groups -OCH3 is 6. The molecule has 0 aromatic heterocycles. The van der Waals surface area contributed by atoms with E-state index in [9.17, 15) is 9.59 Å². The highest BCUT2D eigenvalue weighted by Gasteiger charge is 2.30. The molecule has 0 atom stereocenters. The van der Waals surface area contributed by atoms with Gasteiger partial charge in [-0.25, -0.2) is 0 Å². The molecule has 0 saturated heterocycles. The molecule has 46 heavy (non-hydrogen) atoms. The zero-order chi connectivity index (χ0) is 33.1. The molecule has 0 N–H and O–H groups in total. The molecule has 0 heterocycles. The van der Waals surface area contributed by atoms with Gasteiger partial charge < -0.3 is 37.9 Å². The van der Waals surface area contributed by atoms with Gasteiger partial charge in [-0.2, -0.15) is 0 Å². The summed E-state index contributed by atoms with van der Waals surface area (Å²) in [4.78, 5) is 25.9. The summed E-state index contributed by atoms with van der Waals surface area (Å²) < 4.78 is 46.1. The number of ether oxygens (including phenoxy) is 8. The lowest BCUT2D eigenvalue weighted by atomic mass is 9.92. The van der Waals surface area contributed by atoms with E-state index in [2.05, 4.69) is 0 Å². The molecule has 0 unspecified atom stereocenters. The second-order valence-corrected chi connectivity index (χ2v) is 10.0. The van der Waals surface area contributed by atoms with Crippen molar-refractivity contribution < 1.29 is 47.5 Å². The van der Waals surface area contributed by atoms with E-state index in [1.807, 2.05) is 60.7 Å². The highest BCUT2D eigenvalue weighted by atomic mass is 16.5. The summed E-state index contributed by atoms with van der Waals surface area (Å²) in [6.07, 6.45) is 0.172. The molecule has 0 aliphatic heterocycles. The van der Waals surface area contributed by atoms with Crippen molar-refractivity contribution in [2.24, 2.45) is 0 Å². The van der Waals surface area contributed by atoms with Crippen molar-refractivity contribution in [1.29, 1.82) is 0 Å². The van der Waals surface area contributed by atoms with E-state index in [4.69, 9.17) is 37.9 Å². The summed E-state index contributed by atoms with van der Waals surface area (Å²) >= 11 is 0. The molecule has 0 fully saturated rings. The average Bonchev–Trinajstić information content (AvgIpc) is 3.09. The number of rotatable bonds is 15. The maximum Gasteiger partial charge on any atom is 0.310 e. The zero-order valence-corrected chi connectivity index (χ0v) is 26.8. The first-order valence-corrected chi connectivity index (χ1v) is 14.4. The Hall–Kier alpha value is -5.38. The number of hydrogen-bond donors (Lipinski definition) is 0. The van der Waals surface area contributed by atoms with E-state index in [1.54, 1.807) is 12.1 Å². The second kappa shape index (κ2) is 16.1. The predicted molar refractivity (Wildman–Crippen MR) is 171 cm³/mol. The van der Waals surface area contributed by atoms with Gasteiger partial charge in [-0.15, -0.1) is 0 Å². The Bertz CT molecular complexity index is 1510. The first-order valence-electron chi connectivity index (χ1n) is 14.4. The van der Waals surface area contributed by atoms with Crippen LogP contribution in [0.3, 0.4) is 0 Å². The molecule has 4 rings (SSSR count). The fourth-order valence-corrected chi connectivity index (χ4v) is 5.13. The van der Waals surface area contributed by atoms with E-state index in [-0.39, 0.29) is 37.6 Å². The highest BCUT2D eigenvalue weighted by Crippen LogP contribution is 2.54. The van der Waals surface area contributed by atoms with Crippen LogP contribution < -0.4 is 28.4 Å². The summed E-state index contributed by atoms with van der Waals surface area (Å²) in [5.74, 6) is 0.989. The predicted octanol–water partition coefficient (Wildman–Crippen LogP) is 5.98. The van der Waals surface area contributed by atoms with Gasteiger partial charge in [0.25, 0.3) is 0 Å². The van der Waals surface area contributed by atoms with Gasteiger partial charge in [0.2, 0.25) is 11.5 Å². The average molecular weight is 631 g/mol. The number of benzene rings is 4. The van der Waals surface area contributed by atoms with Crippen LogP contribution in [0.15, 0.2) is 72.8 Å². The first-order chi connectivity index (χ1) is 22.4. The normalized spacial score (nSPS) is 10.5. The molecule has 0 saturated carbocycles. The van der Waals surface area contributed by atoms with Crippen LogP contribution in [0, 0.1) is 0 Å². The molecule has 0 aliphatic carbocycles. The summed E-state index contributed by atoms with van der Waals surface area (Å²) in [5, 5.41) is 0. The lowest BCUT2D eigenvalue weighted by molar-refractivity contribution is -0.145. The van der Waals surface area contributed by atoms with Crippen LogP contribution >= 0.6 is 0 Å². The smallest absolute Gasteiger partial charge is 0.310 e. The van der Waals surface area contributed by atoms with Gasteiger partial charge >= 0.3 is 11.9 Å². The third-order valence-corrected chi connectivity index (χ3v) is 7.23. The van der Waals surface area contributed by atoms with E-state index < -0.39 is 11.9 Å². The Morgan fingerprint density at radius 3 is 1.13 bits per heavy atom. The zero-order valence-electron chi connectivity index (χ0n) is 26.8. The standard InChI is InChI=1S/C36H38O10/c1-39-27-19-25(21-45-29(37)17-23-13-9-7-10-14-23)31(35(43-5)33(27)41-3)32-26(20-28(40-2)34(42-4)36(32)44-6)22-46-30(38)18-24-15-11-8-12-16-24/h7-16,19-20H,17-18,21-22H2,1-6H3. The number of carbonyl (C=O) groups is 2. The molecule has 0 bridgehead atoms. The van der Waals surface area contributed by atoms with Crippen LogP contribution in [-0.4, -0.2) is 54.6 Å². The minimum atomic E-state index is -0.430. The Kier molecular flexibility index (Phi) is 11.7. The third-order valence-electron chi connectivity index (χ3n) is 7.23. The van der Waals surface area contributed by atoms with E-state index in [0.717, 1.165) is 11.1 Å². The van der Waals surface area contributed by atoms with Gasteiger partial charge in [0.05, 0.1) is 55.5 Å². The van der Waals surface area contributed by atoms with Gasteiger partial charge in [-0.3, -0.25) is 9.59 Å². The van der Waals surface area contributed by atoms with E-state index in [0.29, 0.717) is 45.3 Å². The molecule has 4 aromatic carbocycles. The van der Waals surface area contributed by atoms with Gasteiger partial charge in [0, 0.05) is 22.3 Å². The monoisotopic (exact) mass is 630 g/mol. The van der Waals surface area contributed by atoms with Crippen molar-refractivity contribution in [1.82, 2.24) is 0 Å². The Balaban J connectivity index is 1.85. The van der Waals surface area contributed by atoms with Crippen molar-refractivity contribution in [2.45, 2.75) is 26.1 Å². The summed E-state index contributed by atoms with van der Waals surface area (Å²) in [7, 11) is 8.94. The highest BCUT2D eigenvalue weighted by molar-refractivity contribution is 5.88. The summed E-state index contributed by atoms with van der Waals surface area (Å²) in [6, 6.07) is 22.0. The van der Waals surface area contributed by atoms with E-state index >= 15 is 0 Å². The molecule has 0 aliphatic rings. The van der Waals surface area contributed by atoms with Crippen molar-refractivity contribution in [3.05, 3.63) is 95.1 Å². The SMILES string of the molecule is COc1cc(COC(=O)Cc2ccccc2)c(-c2c(COC(=O)Cc3ccccc3)cc(OC)c(OC)c2OC)c(OC)c1OC. The molecule has 0 radical (unpaired) electrons. The molecular weight excluding hydrogens is 592 g/mol. The van der Waals surface area contributed by atoms with Crippen molar-refractivity contribution in [2.75, 3.05) is 42.7 Å². The fraction of sp³-hybridized carbons (Fsp3) is 0.278. The first kappa shape index (κ1) is 33.5. The fourth-order valence-electron chi connectivity index (χ4n) is 5.13. The molecule has 10 nitrogen and oxygen atoms in total. The molecule has 10 heteroatoms. The lowest BCUT2D eigenvalue weighted by Crippen LogP contribution is -2.12. The molecule has 0 spiro atoms. The maximum absolute atomic E-state index is 12.9. The van der Waals surface area contributed by atoms with Gasteiger partial charge in [-0.05, 0) is 23.3 Å². The van der Waals surface area contributed by atoms with Gasteiger partial charge in [0.1, 0.15) is 13.2 Å². The quantitative estimate of drug-likeness (QED) is 0.146. The van der Waals surface area contributed by atoms with Crippen molar-refractivity contribution >= 4 is 11.9 Å². The Labute approximate surface area is 268 Å². The van der Waals surface area contributed by atoms with Gasteiger partial charge in [0.15, 0.2) is 23.0 Å². The topological polar surface area (TPSA) is 108 Å². The maximum atomic E-state index is 12.9. The minimum absolute atomic E-state index is 0.0862. The summed E-state index contributed by atoms with van der Waals surface area (Å²) in [6.45, 7) is -0.301. The Morgan fingerprint density at radius 2 is 0.826 bits per heavy atom. The number of esters is 2. The van der Waals surface area contributed by atoms with E-state index in [1.165, 1.54) is 42.7 Å². The van der Waals surface area contributed by atoms with Gasteiger partial charge in [-0.1, -0.05) is 60.7 Å². The number of hydrogen-bond acceptors (Lipinski definition) is 10. The summed E-state index contributed by atoms with van der Waals surface area (Å²) in [5.41, 5.74) is 3.58. The largest absolute Gasteiger partial charge is 0.493 e. The van der Waals surface area contributed by atoms with Crippen molar-refractivity contribution in [3.63, 3.8) is 0 Å². The lowest BCUT2D eigenvalue weighted by Gasteiger charge is -2.25. The van der Waals surface area contributed by atoms with Crippen LogP contribution in [-0.2, 0) is 45.1 Å². The molecule has 0 amide bonds. The molecule has 242 valence electrons. The van der Waals surface area contributed by atoms with Crippen LogP contribution in [0.1, 0.15) is 22.3 Å². The number of carbonyl (C=O) groups excluding carboxylic acids is 2. The van der Waals surface area contributed by atoms with Crippen LogP contribution in [0.5, 0.6) is 34.5 Å². The Morgan fingerprint density at radius 1 is 0.478 bits per heavy atom. The minimum Gasteiger partial charge on any atom is -0.493 e. The second-order valence-electron chi connectivity index (χ2n) is 10.0. The van der Waals surface area contributed by atoms with Crippen molar-refractivity contribution in [3.8, 4) is 45.6 Å². The molecular formula is C36H38O10. The molecule has 4 aromatic rings. The van der Waals surface area contributed by atoms with Crippen LogP contribution in [0.25, 0.3) is 11.1 Å².